The number of nitrogens with one attached hydrogen (secondary N) is 2. The summed E-state index contributed by atoms with van der Waals surface area (Å²) in [6.45, 7) is 6.20. The van der Waals surface area contributed by atoms with Crippen LogP contribution in [-0.2, 0) is 17.8 Å². The second-order valence-electron chi connectivity index (χ2n) is 7.88. The van der Waals surface area contributed by atoms with E-state index in [1.165, 1.54) is 6.07 Å². The average Bonchev–Trinajstić information content (AvgIpc) is 3.13. The molecule has 1 amide bonds. The van der Waals surface area contributed by atoms with Crippen LogP contribution in [0.25, 0.3) is 0 Å². The number of amides is 1. The lowest BCUT2D eigenvalue weighted by molar-refractivity contribution is -0.126. The normalized spacial score (nSPS) is 19.6. The van der Waals surface area contributed by atoms with Gasteiger partial charge in [0.15, 0.2) is 0 Å². The molecule has 2 aromatic rings. The van der Waals surface area contributed by atoms with E-state index < -0.39 is 0 Å². The Hall–Kier alpha value is -1.95. The van der Waals surface area contributed by atoms with Crippen LogP contribution in [0.4, 0.5) is 4.39 Å². The minimum absolute atomic E-state index is 0.0158. The van der Waals surface area contributed by atoms with E-state index in [1.54, 1.807) is 12.1 Å². The summed E-state index contributed by atoms with van der Waals surface area (Å²) in [6, 6.07) is 14.8. The van der Waals surface area contributed by atoms with Gasteiger partial charge in [-0.05, 0) is 56.0 Å². The van der Waals surface area contributed by atoms with Crippen LogP contribution in [0.5, 0.6) is 0 Å². The highest BCUT2D eigenvalue weighted by molar-refractivity contribution is 6.30. The number of nitrogens with zero attached hydrogens (tertiary/aromatic N) is 1. The quantitative estimate of drug-likeness (QED) is 0.687. The predicted octanol–water partition coefficient (Wildman–Crippen LogP) is 3.78. The minimum Gasteiger partial charge on any atom is -0.354 e. The molecule has 4 nitrogen and oxygen atoms in total. The number of carbonyl (C=O) groups excluding carboxylic acids is 1. The first-order chi connectivity index (χ1) is 13.9. The number of rotatable bonds is 8. The first kappa shape index (κ1) is 21.8. The zero-order valence-electron chi connectivity index (χ0n) is 17.0. The van der Waals surface area contributed by atoms with Crippen molar-refractivity contribution in [2.24, 2.45) is 0 Å². The van der Waals surface area contributed by atoms with E-state index in [4.69, 9.17) is 11.6 Å². The van der Waals surface area contributed by atoms with E-state index in [2.05, 4.69) is 29.4 Å². The van der Waals surface area contributed by atoms with Crippen molar-refractivity contribution in [3.8, 4) is 0 Å². The molecule has 0 aliphatic carbocycles. The molecule has 0 saturated carbocycles. The van der Waals surface area contributed by atoms with E-state index in [0.717, 1.165) is 30.1 Å². The molecule has 0 aromatic heterocycles. The van der Waals surface area contributed by atoms with E-state index >= 15 is 0 Å². The fourth-order valence-corrected chi connectivity index (χ4v) is 4.10. The van der Waals surface area contributed by atoms with E-state index in [1.807, 2.05) is 30.3 Å². The molecule has 3 rings (SSSR count). The standard InChI is InChI=1S/C23H29ClFN3O/c1-16(2)28-15-20(27-14-17-6-5-8-19(24)12-17)13-22(28)23(29)26-11-10-18-7-3-4-9-21(18)25/h3-9,12,16,20,22,27H,10-11,13-15H2,1-2H3,(H,26,29)/t20-,22+/m1/s1. The first-order valence-electron chi connectivity index (χ1n) is 10.2. The van der Waals surface area contributed by atoms with E-state index in [0.29, 0.717) is 18.5 Å². The van der Waals surface area contributed by atoms with Crippen molar-refractivity contribution in [3.05, 3.63) is 70.5 Å². The van der Waals surface area contributed by atoms with Crippen molar-refractivity contribution in [1.82, 2.24) is 15.5 Å². The monoisotopic (exact) mass is 417 g/mol. The summed E-state index contributed by atoms with van der Waals surface area (Å²) in [5.74, 6) is -0.209. The summed E-state index contributed by atoms with van der Waals surface area (Å²) in [7, 11) is 0. The summed E-state index contributed by atoms with van der Waals surface area (Å²) in [4.78, 5) is 15.0. The second kappa shape index (κ2) is 10.2. The Balaban J connectivity index is 1.52. The predicted molar refractivity (Wildman–Crippen MR) is 115 cm³/mol. The molecular weight excluding hydrogens is 389 g/mol. The number of halogens is 2. The van der Waals surface area contributed by atoms with Gasteiger partial charge < -0.3 is 10.6 Å². The summed E-state index contributed by atoms with van der Waals surface area (Å²) in [5, 5.41) is 7.28. The van der Waals surface area contributed by atoms with Crippen LogP contribution in [0.3, 0.4) is 0 Å². The summed E-state index contributed by atoms with van der Waals surface area (Å²) < 4.78 is 13.7. The maximum absolute atomic E-state index is 13.7. The molecule has 2 N–H and O–H groups in total. The summed E-state index contributed by atoms with van der Waals surface area (Å²) >= 11 is 6.06. The molecule has 29 heavy (non-hydrogen) atoms. The smallest absolute Gasteiger partial charge is 0.237 e. The molecule has 0 spiro atoms. The highest BCUT2D eigenvalue weighted by Gasteiger charge is 2.37. The molecule has 1 saturated heterocycles. The molecule has 0 radical (unpaired) electrons. The number of hydrogen-bond donors (Lipinski definition) is 2. The molecule has 1 fully saturated rings. The Labute approximate surface area is 177 Å². The molecule has 1 heterocycles. The Morgan fingerprint density at radius 2 is 2.03 bits per heavy atom. The van der Waals surface area contributed by atoms with Gasteiger partial charge in [-0.3, -0.25) is 9.69 Å². The first-order valence-corrected chi connectivity index (χ1v) is 10.6. The van der Waals surface area contributed by atoms with Gasteiger partial charge in [0.25, 0.3) is 0 Å². The van der Waals surface area contributed by atoms with Crippen molar-refractivity contribution in [3.63, 3.8) is 0 Å². The lowest BCUT2D eigenvalue weighted by atomic mass is 10.1. The van der Waals surface area contributed by atoms with Gasteiger partial charge in [-0.1, -0.05) is 41.9 Å². The Bertz CT molecular complexity index is 829. The molecule has 2 atom stereocenters. The van der Waals surface area contributed by atoms with Gasteiger partial charge in [0.1, 0.15) is 5.82 Å². The zero-order valence-corrected chi connectivity index (χ0v) is 17.8. The van der Waals surface area contributed by atoms with Crippen molar-refractivity contribution in [2.45, 2.75) is 51.4 Å². The Kier molecular flexibility index (Phi) is 7.64. The van der Waals surface area contributed by atoms with E-state index in [9.17, 15) is 9.18 Å². The van der Waals surface area contributed by atoms with Crippen LogP contribution in [0.15, 0.2) is 48.5 Å². The molecule has 156 valence electrons. The van der Waals surface area contributed by atoms with Crippen LogP contribution < -0.4 is 10.6 Å². The summed E-state index contributed by atoms with van der Waals surface area (Å²) in [5.41, 5.74) is 1.76. The molecule has 2 aromatic carbocycles. The fraction of sp³-hybridized carbons (Fsp3) is 0.435. The molecule has 1 aliphatic heterocycles. The van der Waals surface area contributed by atoms with Crippen molar-refractivity contribution < 1.29 is 9.18 Å². The zero-order chi connectivity index (χ0) is 20.8. The number of benzene rings is 2. The van der Waals surface area contributed by atoms with Gasteiger partial charge in [-0.15, -0.1) is 0 Å². The lowest BCUT2D eigenvalue weighted by Crippen LogP contribution is -2.46. The van der Waals surface area contributed by atoms with Crippen LogP contribution in [0.1, 0.15) is 31.4 Å². The Morgan fingerprint density at radius 1 is 1.24 bits per heavy atom. The van der Waals surface area contributed by atoms with Gasteiger partial charge in [0.05, 0.1) is 6.04 Å². The van der Waals surface area contributed by atoms with Gasteiger partial charge >= 0.3 is 0 Å². The van der Waals surface area contributed by atoms with Crippen LogP contribution in [-0.4, -0.2) is 42.0 Å². The van der Waals surface area contributed by atoms with Crippen molar-refractivity contribution in [2.75, 3.05) is 13.1 Å². The maximum atomic E-state index is 13.7. The van der Waals surface area contributed by atoms with Gasteiger partial charge in [-0.25, -0.2) is 4.39 Å². The fourth-order valence-electron chi connectivity index (χ4n) is 3.89. The number of likely N-dealkylation sites (tertiary alicyclic amines) is 1. The van der Waals surface area contributed by atoms with Crippen molar-refractivity contribution in [1.29, 1.82) is 0 Å². The van der Waals surface area contributed by atoms with Crippen LogP contribution in [0.2, 0.25) is 5.02 Å². The van der Waals surface area contributed by atoms with Gasteiger partial charge in [-0.2, -0.15) is 0 Å². The van der Waals surface area contributed by atoms with Gasteiger partial charge in [0.2, 0.25) is 5.91 Å². The highest BCUT2D eigenvalue weighted by Crippen LogP contribution is 2.22. The average molecular weight is 418 g/mol. The second-order valence-corrected chi connectivity index (χ2v) is 8.32. The molecular formula is C23H29ClFN3O. The third kappa shape index (κ3) is 6.01. The van der Waals surface area contributed by atoms with Gasteiger partial charge in [0, 0.05) is 36.7 Å². The number of hydrogen-bond acceptors (Lipinski definition) is 3. The summed E-state index contributed by atoms with van der Waals surface area (Å²) in [6.07, 6.45) is 1.24. The third-order valence-corrected chi connectivity index (χ3v) is 5.68. The molecule has 1 aliphatic rings. The van der Waals surface area contributed by atoms with E-state index in [-0.39, 0.29) is 29.8 Å². The number of carbonyl (C=O) groups is 1. The molecule has 0 bridgehead atoms. The Morgan fingerprint density at radius 3 is 2.76 bits per heavy atom. The molecule has 6 heteroatoms. The topological polar surface area (TPSA) is 44.4 Å². The van der Waals surface area contributed by atoms with Crippen LogP contribution in [0, 0.1) is 5.82 Å². The lowest BCUT2D eigenvalue weighted by Gasteiger charge is -2.27. The van der Waals surface area contributed by atoms with Crippen molar-refractivity contribution >= 4 is 17.5 Å². The maximum Gasteiger partial charge on any atom is 0.237 e. The minimum atomic E-state index is -0.225. The molecule has 0 unspecified atom stereocenters. The SMILES string of the molecule is CC(C)N1C[C@H](NCc2cccc(Cl)c2)C[C@H]1C(=O)NCCc1ccccc1F. The highest BCUT2D eigenvalue weighted by atomic mass is 35.5. The third-order valence-electron chi connectivity index (χ3n) is 5.44. The van der Waals surface area contributed by atoms with Crippen LogP contribution >= 0.6 is 11.6 Å². The largest absolute Gasteiger partial charge is 0.354 e.